The normalized spacial score (nSPS) is 17.1. The molecule has 0 bridgehead atoms. The summed E-state index contributed by atoms with van der Waals surface area (Å²) in [5, 5.41) is 8.38. The van der Waals surface area contributed by atoms with Gasteiger partial charge in [-0.1, -0.05) is 17.7 Å². The van der Waals surface area contributed by atoms with Crippen LogP contribution in [0.2, 0.25) is 0 Å². The predicted octanol–water partition coefficient (Wildman–Crippen LogP) is 4.20. The molecule has 0 spiro atoms. The number of piperidine rings is 1. The van der Waals surface area contributed by atoms with E-state index in [4.69, 9.17) is 4.42 Å². The number of hydrogen-bond donors (Lipinski definition) is 0. The molecule has 1 aliphatic rings. The topological polar surface area (TPSA) is 59.2 Å². The van der Waals surface area contributed by atoms with Crippen LogP contribution < -0.4 is 0 Å². The summed E-state index contributed by atoms with van der Waals surface area (Å²) in [7, 11) is 0. The second kappa shape index (κ2) is 7.31. The van der Waals surface area contributed by atoms with Crippen LogP contribution in [-0.2, 0) is 0 Å². The number of halogens is 1. The summed E-state index contributed by atoms with van der Waals surface area (Å²) < 4.78 is 19.0. The molecule has 6 heteroatoms. The number of likely N-dealkylation sites (tertiary alicyclic amines) is 1. The van der Waals surface area contributed by atoms with E-state index < -0.39 is 0 Å². The molecule has 5 nitrogen and oxygen atoms in total. The fourth-order valence-corrected chi connectivity index (χ4v) is 3.35. The van der Waals surface area contributed by atoms with Gasteiger partial charge in [0.15, 0.2) is 0 Å². The number of carbonyl (C=O) groups excluding carboxylic acids is 1. The van der Waals surface area contributed by atoms with Crippen molar-refractivity contribution in [3.8, 4) is 11.5 Å². The Balaban J connectivity index is 1.49. The van der Waals surface area contributed by atoms with Crippen molar-refractivity contribution in [1.29, 1.82) is 0 Å². The van der Waals surface area contributed by atoms with Crippen molar-refractivity contribution in [1.82, 2.24) is 15.1 Å². The maximum atomic E-state index is 13.1. The van der Waals surface area contributed by atoms with Gasteiger partial charge >= 0.3 is 0 Å². The molecule has 0 radical (unpaired) electrons. The molecule has 1 aliphatic heterocycles. The van der Waals surface area contributed by atoms with Crippen LogP contribution in [0.3, 0.4) is 0 Å². The number of rotatable bonds is 3. The van der Waals surface area contributed by atoms with Gasteiger partial charge in [-0.25, -0.2) is 4.39 Å². The number of nitrogens with zero attached hydrogens (tertiary/aromatic N) is 3. The molecular formula is C21H20FN3O2. The highest BCUT2D eigenvalue weighted by atomic mass is 19.1. The SMILES string of the molecule is Cc1ccc(-c2nnc([C@@H]3CCCN(C(=O)c4ccc(F)cc4)C3)o2)cc1. The molecule has 1 fully saturated rings. The Labute approximate surface area is 156 Å². The van der Waals surface area contributed by atoms with E-state index in [0.29, 0.717) is 30.4 Å². The second-order valence-corrected chi connectivity index (χ2v) is 6.91. The zero-order valence-corrected chi connectivity index (χ0v) is 15.1. The Morgan fingerprint density at radius 2 is 1.85 bits per heavy atom. The van der Waals surface area contributed by atoms with Crippen LogP contribution in [0, 0.1) is 12.7 Å². The van der Waals surface area contributed by atoms with E-state index in [1.54, 1.807) is 4.90 Å². The average molecular weight is 365 g/mol. The number of aromatic nitrogens is 2. The minimum Gasteiger partial charge on any atom is -0.420 e. The van der Waals surface area contributed by atoms with Gasteiger partial charge in [-0.3, -0.25) is 4.79 Å². The smallest absolute Gasteiger partial charge is 0.253 e. The lowest BCUT2D eigenvalue weighted by Crippen LogP contribution is -2.39. The lowest BCUT2D eigenvalue weighted by atomic mass is 9.97. The van der Waals surface area contributed by atoms with Crippen molar-refractivity contribution in [2.75, 3.05) is 13.1 Å². The first kappa shape index (κ1) is 17.4. The van der Waals surface area contributed by atoms with E-state index in [2.05, 4.69) is 10.2 Å². The fourth-order valence-electron chi connectivity index (χ4n) is 3.35. The molecule has 0 unspecified atom stereocenters. The van der Waals surface area contributed by atoms with Crippen molar-refractivity contribution in [3.05, 3.63) is 71.4 Å². The minimum absolute atomic E-state index is 0.00912. The predicted molar refractivity (Wildman–Crippen MR) is 98.7 cm³/mol. The highest BCUT2D eigenvalue weighted by Gasteiger charge is 2.29. The van der Waals surface area contributed by atoms with Crippen molar-refractivity contribution < 1.29 is 13.6 Å². The molecule has 2 aromatic carbocycles. The van der Waals surface area contributed by atoms with Crippen LogP contribution in [-0.4, -0.2) is 34.1 Å². The summed E-state index contributed by atoms with van der Waals surface area (Å²) in [4.78, 5) is 14.5. The maximum Gasteiger partial charge on any atom is 0.253 e. The Hall–Kier alpha value is -3.02. The molecule has 138 valence electrons. The van der Waals surface area contributed by atoms with E-state index in [0.717, 1.165) is 18.4 Å². The third-order valence-electron chi connectivity index (χ3n) is 4.89. The van der Waals surface area contributed by atoms with Gasteiger partial charge in [0.05, 0.1) is 5.92 Å². The number of hydrogen-bond acceptors (Lipinski definition) is 4. The molecule has 1 atom stereocenters. The molecule has 1 saturated heterocycles. The first-order valence-corrected chi connectivity index (χ1v) is 9.05. The summed E-state index contributed by atoms with van der Waals surface area (Å²) in [6.45, 7) is 3.22. The van der Waals surface area contributed by atoms with Crippen LogP contribution in [0.15, 0.2) is 52.9 Å². The molecule has 0 saturated carbocycles. The molecule has 1 amide bonds. The zero-order chi connectivity index (χ0) is 18.8. The van der Waals surface area contributed by atoms with Gasteiger partial charge in [0.1, 0.15) is 5.82 Å². The van der Waals surface area contributed by atoms with Crippen molar-refractivity contribution in [2.24, 2.45) is 0 Å². The monoisotopic (exact) mass is 365 g/mol. The van der Waals surface area contributed by atoms with Crippen LogP contribution >= 0.6 is 0 Å². The summed E-state index contributed by atoms with van der Waals surface area (Å²) >= 11 is 0. The molecule has 3 aromatic rings. The number of aryl methyl sites for hydroxylation is 1. The number of amides is 1. The first-order valence-electron chi connectivity index (χ1n) is 9.05. The van der Waals surface area contributed by atoms with Gasteiger partial charge < -0.3 is 9.32 Å². The lowest BCUT2D eigenvalue weighted by Gasteiger charge is -2.31. The maximum absolute atomic E-state index is 13.1. The zero-order valence-electron chi connectivity index (χ0n) is 15.1. The van der Waals surface area contributed by atoms with Crippen molar-refractivity contribution in [3.63, 3.8) is 0 Å². The lowest BCUT2D eigenvalue weighted by molar-refractivity contribution is 0.0698. The number of benzene rings is 2. The van der Waals surface area contributed by atoms with Crippen LogP contribution in [0.4, 0.5) is 4.39 Å². The highest BCUT2D eigenvalue weighted by Crippen LogP contribution is 2.29. The first-order chi connectivity index (χ1) is 13.1. The Kier molecular flexibility index (Phi) is 4.71. The molecule has 27 heavy (non-hydrogen) atoms. The van der Waals surface area contributed by atoms with E-state index in [1.165, 1.54) is 29.8 Å². The van der Waals surface area contributed by atoms with Crippen LogP contribution in [0.1, 0.15) is 40.6 Å². The van der Waals surface area contributed by atoms with Crippen molar-refractivity contribution >= 4 is 5.91 Å². The molecule has 0 N–H and O–H groups in total. The highest BCUT2D eigenvalue weighted by molar-refractivity contribution is 5.94. The molecule has 1 aromatic heterocycles. The summed E-state index contributed by atoms with van der Waals surface area (Å²) in [5.41, 5.74) is 2.54. The summed E-state index contributed by atoms with van der Waals surface area (Å²) in [5.74, 6) is 0.611. The van der Waals surface area contributed by atoms with E-state index in [1.807, 2.05) is 31.2 Å². The van der Waals surface area contributed by atoms with Crippen LogP contribution in [0.25, 0.3) is 11.5 Å². The van der Waals surface area contributed by atoms with E-state index in [-0.39, 0.29) is 17.6 Å². The minimum atomic E-state index is -0.349. The third kappa shape index (κ3) is 3.74. The van der Waals surface area contributed by atoms with Gasteiger partial charge in [0.25, 0.3) is 5.91 Å². The van der Waals surface area contributed by atoms with Gasteiger partial charge in [0.2, 0.25) is 11.8 Å². The molecular weight excluding hydrogens is 345 g/mol. The Morgan fingerprint density at radius 1 is 1.11 bits per heavy atom. The molecule has 2 heterocycles. The van der Waals surface area contributed by atoms with Gasteiger partial charge in [0, 0.05) is 24.2 Å². The number of carbonyl (C=O) groups is 1. The molecule has 4 rings (SSSR count). The van der Waals surface area contributed by atoms with E-state index in [9.17, 15) is 9.18 Å². The average Bonchev–Trinajstić information content (AvgIpc) is 3.19. The third-order valence-corrected chi connectivity index (χ3v) is 4.89. The molecule has 0 aliphatic carbocycles. The fraction of sp³-hybridized carbons (Fsp3) is 0.286. The van der Waals surface area contributed by atoms with Crippen LogP contribution in [0.5, 0.6) is 0 Å². The standard InChI is InChI=1S/C21H20FN3O2/c1-14-4-6-15(7-5-14)19-23-24-20(27-19)17-3-2-12-25(13-17)21(26)16-8-10-18(22)11-9-16/h4-11,17H,2-3,12-13H2,1H3/t17-/m1/s1. The van der Waals surface area contributed by atoms with Gasteiger partial charge in [-0.2, -0.15) is 0 Å². The van der Waals surface area contributed by atoms with Gasteiger partial charge in [-0.05, 0) is 56.2 Å². The largest absolute Gasteiger partial charge is 0.420 e. The van der Waals surface area contributed by atoms with E-state index >= 15 is 0 Å². The van der Waals surface area contributed by atoms with Gasteiger partial charge in [-0.15, -0.1) is 10.2 Å². The Bertz CT molecular complexity index is 935. The summed E-state index contributed by atoms with van der Waals surface area (Å²) in [6.07, 6.45) is 1.75. The summed E-state index contributed by atoms with van der Waals surface area (Å²) in [6, 6.07) is 13.6. The quantitative estimate of drug-likeness (QED) is 0.698. The van der Waals surface area contributed by atoms with Crippen molar-refractivity contribution in [2.45, 2.75) is 25.7 Å². The second-order valence-electron chi connectivity index (χ2n) is 6.91. The Morgan fingerprint density at radius 3 is 2.59 bits per heavy atom.